The fraction of sp³-hybridized carbons (Fsp3) is 0.348. The van der Waals surface area contributed by atoms with Gasteiger partial charge in [-0.15, -0.1) is 0 Å². The molecule has 9 heteroatoms. The summed E-state index contributed by atoms with van der Waals surface area (Å²) in [7, 11) is 0. The number of nitrogens with two attached hydrogens (primary N) is 3. The Morgan fingerprint density at radius 2 is 1.38 bits per heavy atom. The highest BCUT2D eigenvalue weighted by molar-refractivity contribution is 5.60. The maximum Gasteiger partial charge on any atom is 0.233 e. The van der Waals surface area contributed by atoms with Crippen LogP contribution in [0.2, 0.25) is 0 Å². The summed E-state index contributed by atoms with van der Waals surface area (Å²) in [5.74, 6) is 1.49. The largest absolute Gasteiger partial charge is 0.399 e. The number of hydrogen-bond donors (Lipinski definition) is 6. The van der Waals surface area contributed by atoms with Gasteiger partial charge in [0.25, 0.3) is 0 Å². The van der Waals surface area contributed by atoms with E-state index in [1.807, 2.05) is 48.5 Å². The van der Waals surface area contributed by atoms with Gasteiger partial charge in [0.1, 0.15) is 0 Å². The lowest BCUT2D eigenvalue weighted by Gasteiger charge is -2.12. The van der Waals surface area contributed by atoms with Crippen LogP contribution in [-0.4, -0.2) is 34.6 Å². The summed E-state index contributed by atoms with van der Waals surface area (Å²) < 4.78 is 0. The number of nitrogens with zero attached hydrogens (tertiary/aromatic N) is 3. The van der Waals surface area contributed by atoms with Crippen LogP contribution in [0.5, 0.6) is 0 Å². The molecular formula is C23H33N9. The highest BCUT2D eigenvalue weighted by Gasteiger charge is 2.07. The zero-order valence-electron chi connectivity index (χ0n) is 18.3. The third-order valence-electron chi connectivity index (χ3n) is 4.87. The van der Waals surface area contributed by atoms with Crippen molar-refractivity contribution in [2.45, 2.75) is 32.1 Å². The molecule has 0 unspecified atom stereocenters. The van der Waals surface area contributed by atoms with Crippen LogP contribution in [0.15, 0.2) is 48.5 Å². The predicted molar refractivity (Wildman–Crippen MR) is 133 cm³/mol. The van der Waals surface area contributed by atoms with Crippen LogP contribution in [0.1, 0.15) is 31.2 Å². The molecule has 0 radical (unpaired) electrons. The van der Waals surface area contributed by atoms with Gasteiger partial charge >= 0.3 is 0 Å². The van der Waals surface area contributed by atoms with E-state index < -0.39 is 0 Å². The van der Waals surface area contributed by atoms with Crippen molar-refractivity contribution in [3.63, 3.8) is 0 Å². The predicted octanol–water partition coefficient (Wildman–Crippen LogP) is 3.37. The second-order valence-electron chi connectivity index (χ2n) is 7.60. The summed E-state index contributed by atoms with van der Waals surface area (Å²) in [5, 5.41) is 9.80. The van der Waals surface area contributed by atoms with E-state index in [4.69, 9.17) is 17.2 Å². The Bertz CT molecular complexity index is 960. The normalized spacial score (nSPS) is 10.7. The van der Waals surface area contributed by atoms with E-state index in [0.717, 1.165) is 56.6 Å². The molecule has 3 aromatic rings. The van der Waals surface area contributed by atoms with Crippen molar-refractivity contribution < 1.29 is 0 Å². The number of aromatic nitrogens is 3. The van der Waals surface area contributed by atoms with Gasteiger partial charge in [-0.05, 0) is 61.7 Å². The van der Waals surface area contributed by atoms with Gasteiger partial charge in [-0.25, -0.2) is 0 Å². The van der Waals surface area contributed by atoms with Crippen molar-refractivity contribution >= 4 is 34.9 Å². The minimum Gasteiger partial charge on any atom is -0.399 e. The minimum absolute atomic E-state index is 0.450. The van der Waals surface area contributed by atoms with Crippen LogP contribution in [0.25, 0.3) is 0 Å². The first-order chi connectivity index (χ1) is 15.6. The summed E-state index contributed by atoms with van der Waals surface area (Å²) >= 11 is 0. The van der Waals surface area contributed by atoms with E-state index in [2.05, 4.69) is 30.9 Å². The molecular weight excluding hydrogens is 402 g/mol. The van der Waals surface area contributed by atoms with Gasteiger partial charge in [0, 0.05) is 30.2 Å². The number of rotatable bonds is 13. The summed E-state index contributed by atoms with van der Waals surface area (Å²) in [6, 6.07) is 15.3. The molecule has 0 aliphatic carbocycles. The molecule has 0 aliphatic rings. The molecule has 2 aromatic carbocycles. The number of anilines is 6. The molecule has 0 saturated carbocycles. The minimum atomic E-state index is 0.450. The molecule has 0 atom stereocenters. The summed E-state index contributed by atoms with van der Waals surface area (Å²) in [5.41, 5.74) is 20.6. The molecule has 0 bridgehead atoms. The standard InChI is InChI=1S/C23H33N9/c24-13-3-1-2-4-14-27-21-30-22(28-15-12-17-8-10-18(25)11-9-17)32-23(31-21)29-20-7-5-6-19(26)16-20/h5-11,16H,1-4,12-15,24-26H2,(H3,27,28,29,30,31,32). The number of benzene rings is 2. The van der Waals surface area contributed by atoms with Gasteiger partial charge in [0.15, 0.2) is 0 Å². The molecule has 9 N–H and O–H groups in total. The van der Waals surface area contributed by atoms with Crippen LogP contribution >= 0.6 is 0 Å². The Morgan fingerprint density at radius 1 is 0.688 bits per heavy atom. The Kier molecular flexibility index (Phi) is 8.88. The number of unbranched alkanes of at least 4 members (excludes halogenated alkanes) is 3. The maximum atomic E-state index is 5.88. The van der Waals surface area contributed by atoms with E-state index in [1.165, 1.54) is 5.56 Å². The molecule has 3 rings (SSSR count). The molecule has 1 heterocycles. The lowest BCUT2D eigenvalue weighted by molar-refractivity contribution is 0.660. The van der Waals surface area contributed by atoms with Crippen LogP contribution in [-0.2, 0) is 6.42 Å². The number of nitrogen functional groups attached to an aromatic ring is 2. The highest BCUT2D eigenvalue weighted by Crippen LogP contribution is 2.18. The van der Waals surface area contributed by atoms with Crippen LogP contribution in [0, 0.1) is 0 Å². The van der Waals surface area contributed by atoms with Crippen LogP contribution < -0.4 is 33.2 Å². The van der Waals surface area contributed by atoms with Gasteiger partial charge in [0.05, 0.1) is 0 Å². The Labute approximate surface area is 189 Å². The van der Waals surface area contributed by atoms with E-state index in [1.54, 1.807) is 0 Å². The fourth-order valence-electron chi connectivity index (χ4n) is 3.16. The number of nitrogens with one attached hydrogen (secondary N) is 3. The lowest BCUT2D eigenvalue weighted by Crippen LogP contribution is -2.13. The van der Waals surface area contributed by atoms with Crippen molar-refractivity contribution in [2.75, 3.05) is 47.1 Å². The molecule has 0 amide bonds. The van der Waals surface area contributed by atoms with Crippen molar-refractivity contribution in [3.8, 4) is 0 Å². The third kappa shape index (κ3) is 7.92. The van der Waals surface area contributed by atoms with E-state index in [9.17, 15) is 0 Å². The van der Waals surface area contributed by atoms with Gasteiger partial charge in [-0.2, -0.15) is 15.0 Å². The molecule has 0 saturated heterocycles. The first kappa shape index (κ1) is 23.1. The van der Waals surface area contributed by atoms with Crippen molar-refractivity contribution in [1.82, 2.24) is 15.0 Å². The smallest absolute Gasteiger partial charge is 0.233 e. The zero-order chi connectivity index (χ0) is 22.6. The van der Waals surface area contributed by atoms with Crippen molar-refractivity contribution in [3.05, 3.63) is 54.1 Å². The van der Waals surface area contributed by atoms with E-state index >= 15 is 0 Å². The Morgan fingerprint density at radius 3 is 2.09 bits per heavy atom. The molecule has 0 aliphatic heterocycles. The monoisotopic (exact) mass is 435 g/mol. The molecule has 32 heavy (non-hydrogen) atoms. The average molecular weight is 436 g/mol. The van der Waals surface area contributed by atoms with Gasteiger partial charge in [0.2, 0.25) is 17.8 Å². The Balaban J connectivity index is 1.63. The third-order valence-corrected chi connectivity index (χ3v) is 4.87. The first-order valence-corrected chi connectivity index (χ1v) is 11.0. The lowest BCUT2D eigenvalue weighted by atomic mass is 10.1. The summed E-state index contributed by atoms with van der Waals surface area (Å²) in [6.07, 6.45) is 5.17. The van der Waals surface area contributed by atoms with Gasteiger partial charge < -0.3 is 33.2 Å². The number of hydrogen-bond acceptors (Lipinski definition) is 9. The first-order valence-electron chi connectivity index (χ1n) is 11.0. The molecule has 9 nitrogen and oxygen atoms in total. The highest BCUT2D eigenvalue weighted by atomic mass is 15.3. The van der Waals surface area contributed by atoms with E-state index in [0.29, 0.717) is 30.1 Å². The Hall–Kier alpha value is -3.59. The van der Waals surface area contributed by atoms with E-state index in [-0.39, 0.29) is 0 Å². The molecule has 0 fully saturated rings. The topological polar surface area (TPSA) is 153 Å². The second-order valence-corrected chi connectivity index (χ2v) is 7.60. The molecule has 170 valence electrons. The second kappa shape index (κ2) is 12.3. The van der Waals surface area contributed by atoms with Crippen LogP contribution in [0.3, 0.4) is 0 Å². The quantitative estimate of drug-likeness (QED) is 0.175. The van der Waals surface area contributed by atoms with Gasteiger partial charge in [-0.1, -0.05) is 31.0 Å². The fourth-order valence-corrected chi connectivity index (χ4v) is 3.16. The summed E-state index contributed by atoms with van der Waals surface area (Å²) in [6.45, 7) is 2.21. The molecule has 0 spiro atoms. The zero-order valence-corrected chi connectivity index (χ0v) is 18.3. The van der Waals surface area contributed by atoms with Crippen molar-refractivity contribution in [2.24, 2.45) is 5.73 Å². The summed E-state index contributed by atoms with van der Waals surface area (Å²) in [4.78, 5) is 13.5. The SMILES string of the molecule is NCCCCCCNc1nc(NCCc2ccc(N)cc2)nc(Nc2cccc(N)c2)n1. The average Bonchev–Trinajstić information content (AvgIpc) is 2.77. The van der Waals surface area contributed by atoms with Crippen molar-refractivity contribution in [1.29, 1.82) is 0 Å². The van der Waals surface area contributed by atoms with Gasteiger partial charge in [-0.3, -0.25) is 0 Å². The maximum absolute atomic E-state index is 5.88. The van der Waals surface area contributed by atoms with Crippen LogP contribution in [0.4, 0.5) is 34.9 Å². The molecule has 1 aromatic heterocycles.